The number of rotatable bonds is 4. The van der Waals surface area contributed by atoms with Crippen molar-refractivity contribution in [2.45, 2.75) is 38.5 Å². The molecule has 0 saturated heterocycles. The Balaban J connectivity index is 2.41. The maximum Gasteiger partial charge on any atom is 0.309 e. The second kappa shape index (κ2) is 5.79. The number of aliphatic carboxylic acids is 1. The average Bonchev–Trinajstić information content (AvgIpc) is 2.41. The second-order valence-corrected chi connectivity index (χ2v) is 5.72. The first kappa shape index (κ1) is 14.8. The average molecular weight is 298 g/mol. The van der Waals surface area contributed by atoms with Crippen LogP contribution in [0.1, 0.15) is 37.7 Å². The number of carboxylic acid groups (broad SMARTS) is 1. The Bertz CT molecular complexity index is 538. The van der Waals surface area contributed by atoms with Gasteiger partial charge in [-0.1, -0.05) is 36.9 Å². The molecule has 0 radical (unpaired) electrons. The fraction of sp³-hybridized carbons (Fsp3) is 0.500. The van der Waals surface area contributed by atoms with Crippen molar-refractivity contribution in [3.63, 3.8) is 0 Å². The minimum absolute atomic E-state index is 0.0938. The predicted molar refractivity (Wildman–Crippen MR) is 75.0 cm³/mol. The van der Waals surface area contributed by atoms with E-state index in [1.165, 1.54) is 12.1 Å². The molecule has 0 atom stereocenters. The lowest BCUT2D eigenvalue weighted by atomic mass is 9.70. The molecule has 1 aromatic rings. The Kier molecular flexibility index (Phi) is 4.28. The number of halogens is 1. The SMILES string of the molecule is O=C(O)C1(Cc2c(Cl)cccc2[N+](=O)[O-])CCCCC1. The number of nitrogens with zero attached hydrogens (tertiary/aromatic N) is 1. The molecule has 0 heterocycles. The monoisotopic (exact) mass is 297 g/mol. The fourth-order valence-corrected chi connectivity index (χ4v) is 3.16. The molecule has 0 aliphatic heterocycles. The van der Waals surface area contributed by atoms with Gasteiger partial charge in [0.15, 0.2) is 0 Å². The summed E-state index contributed by atoms with van der Waals surface area (Å²) in [5, 5.41) is 20.9. The van der Waals surface area contributed by atoms with Gasteiger partial charge in [-0.2, -0.15) is 0 Å². The third-order valence-electron chi connectivity index (χ3n) is 4.07. The molecular weight excluding hydrogens is 282 g/mol. The van der Waals surface area contributed by atoms with E-state index in [1.807, 2.05) is 0 Å². The van der Waals surface area contributed by atoms with Crippen LogP contribution in [0.15, 0.2) is 18.2 Å². The number of nitro benzene ring substituents is 1. The van der Waals surface area contributed by atoms with Gasteiger partial charge in [-0.05, 0) is 25.3 Å². The first-order valence-electron chi connectivity index (χ1n) is 6.61. The molecule has 1 aliphatic carbocycles. The Morgan fingerprint density at radius 3 is 2.55 bits per heavy atom. The molecule has 5 nitrogen and oxygen atoms in total. The van der Waals surface area contributed by atoms with Crippen molar-refractivity contribution < 1.29 is 14.8 Å². The topological polar surface area (TPSA) is 80.4 Å². The third-order valence-corrected chi connectivity index (χ3v) is 4.42. The number of carboxylic acids is 1. The molecule has 1 aliphatic rings. The molecule has 1 aromatic carbocycles. The van der Waals surface area contributed by atoms with Gasteiger partial charge in [0, 0.05) is 11.6 Å². The van der Waals surface area contributed by atoms with Crippen LogP contribution in [0.5, 0.6) is 0 Å². The van der Waals surface area contributed by atoms with Crippen LogP contribution in [0.2, 0.25) is 5.02 Å². The Labute approximate surface area is 121 Å². The lowest BCUT2D eigenvalue weighted by Gasteiger charge is -2.33. The highest BCUT2D eigenvalue weighted by Gasteiger charge is 2.41. The fourth-order valence-electron chi connectivity index (χ4n) is 2.93. The zero-order chi connectivity index (χ0) is 14.8. The van der Waals surface area contributed by atoms with E-state index in [9.17, 15) is 20.0 Å². The first-order chi connectivity index (χ1) is 9.46. The second-order valence-electron chi connectivity index (χ2n) is 5.32. The molecule has 108 valence electrons. The summed E-state index contributed by atoms with van der Waals surface area (Å²) >= 11 is 6.06. The standard InChI is InChI=1S/C14H16ClNO4/c15-11-5-4-6-12(16(19)20)10(11)9-14(13(17)18)7-2-1-3-8-14/h4-6H,1-3,7-9H2,(H,17,18). The van der Waals surface area contributed by atoms with Gasteiger partial charge >= 0.3 is 5.97 Å². The summed E-state index contributed by atoms with van der Waals surface area (Å²) in [4.78, 5) is 22.2. The number of benzene rings is 1. The van der Waals surface area contributed by atoms with Gasteiger partial charge in [0.1, 0.15) is 0 Å². The van der Waals surface area contributed by atoms with E-state index < -0.39 is 16.3 Å². The summed E-state index contributed by atoms with van der Waals surface area (Å²) in [6.07, 6.45) is 3.91. The van der Waals surface area contributed by atoms with Crippen molar-refractivity contribution in [2.24, 2.45) is 5.41 Å². The van der Waals surface area contributed by atoms with Crippen molar-refractivity contribution >= 4 is 23.3 Å². The largest absolute Gasteiger partial charge is 0.481 e. The molecule has 2 rings (SSSR count). The maximum absolute atomic E-state index is 11.7. The molecule has 0 bridgehead atoms. The van der Waals surface area contributed by atoms with Gasteiger partial charge in [0.2, 0.25) is 0 Å². The normalized spacial score (nSPS) is 17.6. The van der Waals surface area contributed by atoms with Gasteiger partial charge in [0.25, 0.3) is 5.69 Å². The van der Waals surface area contributed by atoms with Crippen LogP contribution < -0.4 is 0 Å². The molecule has 20 heavy (non-hydrogen) atoms. The number of hydrogen-bond donors (Lipinski definition) is 1. The van der Waals surface area contributed by atoms with E-state index in [0.29, 0.717) is 18.4 Å². The van der Waals surface area contributed by atoms with E-state index in [2.05, 4.69) is 0 Å². The van der Waals surface area contributed by atoms with Crippen LogP contribution in [0.25, 0.3) is 0 Å². The summed E-state index contributed by atoms with van der Waals surface area (Å²) in [6, 6.07) is 4.46. The molecule has 0 amide bonds. The Morgan fingerprint density at radius 1 is 1.35 bits per heavy atom. The lowest BCUT2D eigenvalue weighted by molar-refractivity contribution is -0.385. The molecule has 1 saturated carbocycles. The van der Waals surface area contributed by atoms with Crippen molar-refractivity contribution in [1.29, 1.82) is 0 Å². The number of hydrogen-bond acceptors (Lipinski definition) is 3. The predicted octanol–water partition coefficient (Wildman–Crippen LogP) is 3.83. The quantitative estimate of drug-likeness (QED) is 0.676. The van der Waals surface area contributed by atoms with Gasteiger partial charge in [-0.15, -0.1) is 0 Å². The molecule has 0 spiro atoms. The highest BCUT2D eigenvalue weighted by atomic mass is 35.5. The van der Waals surface area contributed by atoms with Gasteiger partial charge in [-0.3, -0.25) is 14.9 Å². The smallest absolute Gasteiger partial charge is 0.309 e. The third kappa shape index (κ3) is 2.77. The highest BCUT2D eigenvalue weighted by molar-refractivity contribution is 6.31. The molecule has 1 N–H and O–H groups in total. The van der Waals surface area contributed by atoms with E-state index >= 15 is 0 Å². The summed E-state index contributed by atoms with van der Waals surface area (Å²) in [5.74, 6) is -0.883. The van der Waals surface area contributed by atoms with E-state index in [-0.39, 0.29) is 17.1 Å². The molecule has 0 aromatic heterocycles. The summed E-state index contributed by atoms with van der Waals surface area (Å²) < 4.78 is 0. The van der Waals surface area contributed by atoms with Crippen LogP contribution in [0, 0.1) is 15.5 Å². The lowest BCUT2D eigenvalue weighted by Crippen LogP contribution is -2.35. The maximum atomic E-state index is 11.7. The van der Waals surface area contributed by atoms with Crippen LogP contribution in [0.4, 0.5) is 5.69 Å². The van der Waals surface area contributed by atoms with E-state index in [0.717, 1.165) is 19.3 Å². The van der Waals surface area contributed by atoms with E-state index in [1.54, 1.807) is 6.07 Å². The van der Waals surface area contributed by atoms with Crippen LogP contribution in [0.3, 0.4) is 0 Å². The molecular formula is C14H16ClNO4. The van der Waals surface area contributed by atoms with Crippen LogP contribution in [-0.2, 0) is 11.2 Å². The van der Waals surface area contributed by atoms with Gasteiger partial charge < -0.3 is 5.11 Å². The van der Waals surface area contributed by atoms with Crippen LogP contribution in [-0.4, -0.2) is 16.0 Å². The number of nitro groups is 1. The number of carbonyl (C=O) groups is 1. The summed E-state index contributed by atoms with van der Waals surface area (Å²) in [7, 11) is 0. The van der Waals surface area contributed by atoms with Crippen molar-refractivity contribution in [3.05, 3.63) is 38.9 Å². The minimum Gasteiger partial charge on any atom is -0.481 e. The van der Waals surface area contributed by atoms with Crippen molar-refractivity contribution in [3.8, 4) is 0 Å². The molecule has 6 heteroatoms. The first-order valence-corrected chi connectivity index (χ1v) is 6.99. The highest BCUT2D eigenvalue weighted by Crippen LogP contribution is 2.42. The van der Waals surface area contributed by atoms with Gasteiger partial charge in [-0.25, -0.2) is 0 Å². The molecule has 0 unspecified atom stereocenters. The van der Waals surface area contributed by atoms with Gasteiger partial charge in [0.05, 0.1) is 15.4 Å². The van der Waals surface area contributed by atoms with Crippen LogP contribution >= 0.6 is 11.6 Å². The minimum atomic E-state index is -0.923. The Hall–Kier alpha value is -1.62. The Morgan fingerprint density at radius 2 is 2.00 bits per heavy atom. The van der Waals surface area contributed by atoms with Crippen molar-refractivity contribution in [2.75, 3.05) is 0 Å². The zero-order valence-corrected chi connectivity index (χ0v) is 11.7. The zero-order valence-electron chi connectivity index (χ0n) is 11.0. The molecule has 1 fully saturated rings. The summed E-state index contributed by atoms with van der Waals surface area (Å²) in [6.45, 7) is 0. The van der Waals surface area contributed by atoms with E-state index in [4.69, 9.17) is 11.6 Å². The summed E-state index contributed by atoms with van der Waals surface area (Å²) in [5.41, 5.74) is -0.680. The van der Waals surface area contributed by atoms with Crippen molar-refractivity contribution in [1.82, 2.24) is 0 Å².